The molecular weight excluding hydrogens is 400 g/mol. The summed E-state index contributed by atoms with van der Waals surface area (Å²) in [6, 6.07) is 13.8. The highest BCUT2D eigenvalue weighted by Crippen LogP contribution is 2.32. The van der Waals surface area contributed by atoms with Gasteiger partial charge in [-0.3, -0.25) is 4.79 Å². The molecule has 0 fully saturated rings. The SMILES string of the molecule is CC(Sc1nnc(-c2ccc(OC(F)F)cc2)o1)C(=O)N1CCc2ccccc21. The molecule has 0 bridgehead atoms. The predicted molar refractivity (Wildman–Crippen MR) is 104 cm³/mol. The summed E-state index contributed by atoms with van der Waals surface area (Å²) in [6.07, 6.45) is 0.843. The molecule has 1 aromatic heterocycles. The second kappa shape index (κ2) is 8.20. The molecule has 4 rings (SSSR count). The molecule has 2 heterocycles. The number of benzene rings is 2. The van der Waals surface area contributed by atoms with Crippen LogP contribution in [-0.2, 0) is 11.2 Å². The summed E-state index contributed by atoms with van der Waals surface area (Å²) < 4.78 is 34.4. The normalized spacial score (nSPS) is 14.1. The van der Waals surface area contributed by atoms with E-state index in [9.17, 15) is 13.6 Å². The predicted octanol–water partition coefficient (Wildman–Crippen LogP) is 4.41. The first-order chi connectivity index (χ1) is 14.0. The Labute approximate surface area is 169 Å². The maximum absolute atomic E-state index is 12.9. The molecule has 0 saturated carbocycles. The van der Waals surface area contributed by atoms with Crippen LogP contribution in [0.5, 0.6) is 5.75 Å². The third-order valence-corrected chi connectivity index (χ3v) is 5.43. The number of fused-ring (bicyclic) bond motifs is 1. The Hall–Kier alpha value is -2.94. The highest BCUT2D eigenvalue weighted by atomic mass is 32.2. The number of alkyl halides is 2. The van der Waals surface area contributed by atoms with E-state index in [2.05, 4.69) is 14.9 Å². The number of anilines is 1. The van der Waals surface area contributed by atoms with Crippen LogP contribution in [0.4, 0.5) is 14.5 Å². The standard InChI is InChI=1S/C20H17F2N3O3S/c1-12(18(26)25-11-10-13-4-2-3-5-16(13)25)29-20-24-23-17(28-20)14-6-8-15(9-7-14)27-19(21)22/h2-9,12,19H,10-11H2,1H3. The van der Waals surface area contributed by atoms with E-state index in [-0.39, 0.29) is 22.8 Å². The molecule has 0 aliphatic carbocycles. The monoisotopic (exact) mass is 417 g/mol. The van der Waals surface area contributed by atoms with E-state index in [1.807, 2.05) is 24.3 Å². The Morgan fingerprint density at radius 1 is 1.17 bits per heavy atom. The van der Waals surface area contributed by atoms with Gasteiger partial charge in [-0.1, -0.05) is 30.0 Å². The average molecular weight is 417 g/mol. The molecule has 6 nitrogen and oxygen atoms in total. The molecule has 0 saturated heterocycles. The summed E-state index contributed by atoms with van der Waals surface area (Å²) in [5.74, 6) is 0.262. The fourth-order valence-electron chi connectivity index (χ4n) is 3.14. The first-order valence-corrected chi connectivity index (χ1v) is 9.84. The molecule has 1 atom stereocenters. The van der Waals surface area contributed by atoms with E-state index in [0.29, 0.717) is 12.1 Å². The zero-order chi connectivity index (χ0) is 20.4. The minimum atomic E-state index is -2.88. The lowest BCUT2D eigenvalue weighted by Crippen LogP contribution is -2.35. The van der Waals surface area contributed by atoms with Gasteiger partial charge in [-0.25, -0.2) is 0 Å². The number of ether oxygens (including phenoxy) is 1. The van der Waals surface area contributed by atoms with E-state index < -0.39 is 11.9 Å². The second-order valence-corrected chi connectivity index (χ2v) is 7.70. The number of carbonyl (C=O) groups excluding carboxylic acids is 1. The average Bonchev–Trinajstić information content (AvgIpc) is 3.34. The van der Waals surface area contributed by atoms with Crippen LogP contribution in [-0.4, -0.2) is 34.5 Å². The largest absolute Gasteiger partial charge is 0.435 e. The third kappa shape index (κ3) is 4.24. The number of thioether (sulfide) groups is 1. The van der Waals surface area contributed by atoms with Gasteiger partial charge in [0, 0.05) is 17.8 Å². The highest BCUT2D eigenvalue weighted by molar-refractivity contribution is 8.00. The van der Waals surface area contributed by atoms with Gasteiger partial charge in [0.1, 0.15) is 5.75 Å². The van der Waals surface area contributed by atoms with Crippen LogP contribution in [0.15, 0.2) is 58.2 Å². The van der Waals surface area contributed by atoms with Gasteiger partial charge in [0.15, 0.2) is 0 Å². The molecule has 29 heavy (non-hydrogen) atoms. The lowest BCUT2D eigenvalue weighted by Gasteiger charge is -2.20. The number of amides is 1. The summed E-state index contributed by atoms with van der Waals surface area (Å²) in [5.41, 5.74) is 2.68. The molecule has 1 aliphatic heterocycles. The van der Waals surface area contributed by atoms with Gasteiger partial charge in [-0.05, 0) is 49.2 Å². The summed E-state index contributed by atoms with van der Waals surface area (Å²) in [7, 11) is 0. The van der Waals surface area contributed by atoms with Crippen molar-refractivity contribution < 1.29 is 22.7 Å². The molecule has 1 unspecified atom stereocenters. The fourth-order valence-corrected chi connectivity index (χ4v) is 3.89. The van der Waals surface area contributed by atoms with Gasteiger partial charge in [-0.2, -0.15) is 8.78 Å². The minimum Gasteiger partial charge on any atom is -0.435 e. The minimum absolute atomic E-state index is 0.0202. The number of para-hydroxylation sites is 1. The summed E-state index contributed by atoms with van der Waals surface area (Å²) in [6.45, 7) is -0.423. The lowest BCUT2D eigenvalue weighted by atomic mass is 10.2. The van der Waals surface area contributed by atoms with Crippen molar-refractivity contribution in [1.29, 1.82) is 0 Å². The topological polar surface area (TPSA) is 68.5 Å². The molecule has 0 radical (unpaired) electrons. The van der Waals surface area contributed by atoms with E-state index in [4.69, 9.17) is 4.42 Å². The molecule has 150 valence electrons. The van der Waals surface area contributed by atoms with Crippen LogP contribution in [0.2, 0.25) is 0 Å². The molecule has 1 amide bonds. The van der Waals surface area contributed by atoms with E-state index >= 15 is 0 Å². The molecular formula is C20H17F2N3O3S. The first-order valence-electron chi connectivity index (χ1n) is 8.96. The van der Waals surface area contributed by atoms with Crippen molar-refractivity contribution >= 4 is 23.4 Å². The molecule has 9 heteroatoms. The molecule has 1 aliphatic rings. The van der Waals surface area contributed by atoms with E-state index in [1.165, 1.54) is 23.9 Å². The Kier molecular flexibility index (Phi) is 5.48. The Balaban J connectivity index is 1.42. The van der Waals surface area contributed by atoms with Crippen molar-refractivity contribution in [3.8, 4) is 17.2 Å². The smallest absolute Gasteiger partial charge is 0.387 e. The van der Waals surface area contributed by atoms with Gasteiger partial charge in [-0.15, -0.1) is 10.2 Å². The van der Waals surface area contributed by atoms with Gasteiger partial charge in [0.05, 0.1) is 5.25 Å². The second-order valence-electron chi connectivity index (χ2n) is 6.40. The van der Waals surface area contributed by atoms with Crippen LogP contribution < -0.4 is 9.64 Å². The number of rotatable bonds is 6. The van der Waals surface area contributed by atoms with Crippen molar-refractivity contribution in [2.75, 3.05) is 11.4 Å². The summed E-state index contributed by atoms with van der Waals surface area (Å²) >= 11 is 1.18. The maximum atomic E-state index is 12.9. The number of aromatic nitrogens is 2. The lowest BCUT2D eigenvalue weighted by molar-refractivity contribution is -0.117. The quantitative estimate of drug-likeness (QED) is 0.554. The molecule has 0 spiro atoms. The van der Waals surface area contributed by atoms with E-state index in [0.717, 1.165) is 17.7 Å². The Bertz CT molecular complexity index is 1010. The van der Waals surface area contributed by atoms with Crippen LogP contribution >= 0.6 is 11.8 Å². The van der Waals surface area contributed by atoms with Gasteiger partial charge in [0.25, 0.3) is 5.22 Å². The highest BCUT2D eigenvalue weighted by Gasteiger charge is 2.29. The number of halogens is 2. The van der Waals surface area contributed by atoms with Crippen LogP contribution in [0.3, 0.4) is 0 Å². The zero-order valence-corrected chi connectivity index (χ0v) is 16.2. The molecule has 0 N–H and O–H groups in total. The van der Waals surface area contributed by atoms with Crippen molar-refractivity contribution in [1.82, 2.24) is 10.2 Å². The van der Waals surface area contributed by atoms with Crippen molar-refractivity contribution in [2.24, 2.45) is 0 Å². The van der Waals surface area contributed by atoms with Crippen LogP contribution in [0.1, 0.15) is 12.5 Å². The van der Waals surface area contributed by atoms with E-state index in [1.54, 1.807) is 24.0 Å². The van der Waals surface area contributed by atoms with Crippen molar-refractivity contribution in [2.45, 2.75) is 30.4 Å². The summed E-state index contributed by atoms with van der Waals surface area (Å²) in [5, 5.41) is 7.81. The zero-order valence-electron chi connectivity index (χ0n) is 15.4. The van der Waals surface area contributed by atoms with Crippen LogP contribution in [0.25, 0.3) is 11.5 Å². The first kappa shape index (κ1) is 19.4. The Morgan fingerprint density at radius 3 is 2.69 bits per heavy atom. The van der Waals surface area contributed by atoms with Gasteiger partial charge >= 0.3 is 6.61 Å². The van der Waals surface area contributed by atoms with Crippen molar-refractivity contribution in [3.63, 3.8) is 0 Å². The third-order valence-electron chi connectivity index (χ3n) is 4.51. The number of hydrogen-bond acceptors (Lipinski definition) is 6. The maximum Gasteiger partial charge on any atom is 0.387 e. The number of hydrogen-bond donors (Lipinski definition) is 0. The van der Waals surface area contributed by atoms with Crippen LogP contribution in [0, 0.1) is 0 Å². The number of nitrogens with zero attached hydrogens (tertiary/aromatic N) is 3. The number of carbonyl (C=O) groups is 1. The fraction of sp³-hybridized carbons (Fsp3) is 0.250. The molecule has 3 aromatic rings. The molecule has 2 aromatic carbocycles. The Morgan fingerprint density at radius 2 is 1.93 bits per heavy atom. The van der Waals surface area contributed by atoms with Gasteiger partial charge < -0.3 is 14.1 Å². The summed E-state index contributed by atoms with van der Waals surface area (Å²) in [4.78, 5) is 14.6. The van der Waals surface area contributed by atoms with Gasteiger partial charge in [0.2, 0.25) is 11.8 Å². The van der Waals surface area contributed by atoms with Crippen molar-refractivity contribution in [3.05, 3.63) is 54.1 Å².